The van der Waals surface area contributed by atoms with Crippen LogP contribution in [0.3, 0.4) is 0 Å². The molecule has 0 radical (unpaired) electrons. The van der Waals surface area contributed by atoms with Crippen LogP contribution in [0.25, 0.3) is 0 Å². The van der Waals surface area contributed by atoms with Crippen LogP contribution in [-0.2, 0) is 5.41 Å². The van der Waals surface area contributed by atoms with Crippen LogP contribution in [-0.4, -0.2) is 10.9 Å². The summed E-state index contributed by atoms with van der Waals surface area (Å²) in [4.78, 5) is 0. The van der Waals surface area contributed by atoms with E-state index in [1.165, 1.54) is 0 Å². The smallest absolute Gasteiger partial charge is 0.119 e. The summed E-state index contributed by atoms with van der Waals surface area (Å²) in [6.07, 6.45) is 0.861. The SMILES string of the molecule is CC1CC1(C(=N)N)c1ccccc1O. The van der Waals surface area contributed by atoms with Gasteiger partial charge in [0, 0.05) is 5.56 Å². The zero-order chi connectivity index (χ0) is 10.3. The molecule has 14 heavy (non-hydrogen) atoms. The molecule has 0 aliphatic heterocycles. The molecule has 1 aliphatic carbocycles. The molecule has 74 valence electrons. The largest absolute Gasteiger partial charge is 0.508 e. The third-order valence-electron chi connectivity index (χ3n) is 3.17. The first-order valence-corrected chi connectivity index (χ1v) is 4.72. The maximum absolute atomic E-state index is 9.70. The number of hydrogen-bond donors (Lipinski definition) is 3. The van der Waals surface area contributed by atoms with Crippen molar-refractivity contribution in [3.63, 3.8) is 0 Å². The third-order valence-corrected chi connectivity index (χ3v) is 3.17. The molecule has 0 saturated heterocycles. The normalized spacial score (nSPS) is 29.9. The van der Waals surface area contributed by atoms with Crippen LogP contribution in [0, 0.1) is 11.3 Å². The van der Waals surface area contributed by atoms with Gasteiger partial charge in [-0.1, -0.05) is 25.1 Å². The van der Waals surface area contributed by atoms with E-state index in [4.69, 9.17) is 11.1 Å². The van der Waals surface area contributed by atoms with Crippen molar-refractivity contribution in [2.24, 2.45) is 11.7 Å². The van der Waals surface area contributed by atoms with Crippen molar-refractivity contribution in [1.29, 1.82) is 5.41 Å². The van der Waals surface area contributed by atoms with E-state index in [0.717, 1.165) is 12.0 Å². The fourth-order valence-electron chi connectivity index (χ4n) is 2.17. The van der Waals surface area contributed by atoms with E-state index in [1.54, 1.807) is 12.1 Å². The Bertz CT molecular complexity index is 389. The summed E-state index contributed by atoms with van der Waals surface area (Å²) in [5.41, 5.74) is 5.99. The molecule has 3 heteroatoms. The number of rotatable bonds is 2. The van der Waals surface area contributed by atoms with Gasteiger partial charge in [0.1, 0.15) is 11.6 Å². The van der Waals surface area contributed by atoms with Crippen molar-refractivity contribution in [3.05, 3.63) is 29.8 Å². The molecule has 0 spiro atoms. The summed E-state index contributed by atoms with van der Waals surface area (Å²) in [7, 11) is 0. The average Bonchev–Trinajstić information content (AvgIpc) is 2.79. The number of para-hydroxylation sites is 1. The molecule has 1 saturated carbocycles. The monoisotopic (exact) mass is 190 g/mol. The fourth-order valence-corrected chi connectivity index (χ4v) is 2.17. The van der Waals surface area contributed by atoms with E-state index in [2.05, 4.69) is 0 Å². The van der Waals surface area contributed by atoms with Crippen molar-refractivity contribution in [3.8, 4) is 5.75 Å². The minimum Gasteiger partial charge on any atom is -0.508 e. The van der Waals surface area contributed by atoms with E-state index in [0.29, 0.717) is 5.92 Å². The van der Waals surface area contributed by atoms with Gasteiger partial charge < -0.3 is 10.8 Å². The molecule has 0 bridgehead atoms. The number of nitrogens with one attached hydrogen (secondary N) is 1. The lowest BCUT2D eigenvalue weighted by molar-refractivity contribution is 0.464. The number of amidine groups is 1. The maximum atomic E-state index is 9.70. The minimum absolute atomic E-state index is 0.159. The molecule has 1 aliphatic rings. The predicted octanol–water partition coefficient (Wildman–Crippen LogP) is 1.61. The van der Waals surface area contributed by atoms with Crippen LogP contribution in [0.2, 0.25) is 0 Å². The number of phenolic OH excluding ortho intramolecular Hbond substituents is 1. The van der Waals surface area contributed by atoms with Gasteiger partial charge in [0.05, 0.1) is 5.41 Å². The Balaban J connectivity index is 2.49. The van der Waals surface area contributed by atoms with Gasteiger partial charge in [-0.15, -0.1) is 0 Å². The molecule has 1 aromatic carbocycles. The van der Waals surface area contributed by atoms with Crippen LogP contribution in [0.5, 0.6) is 5.75 Å². The molecule has 3 nitrogen and oxygen atoms in total. The van der Waals surface area contributed by atoms with Gasteiger partial charge in [-0.25, -0.2) is 0 Å². The second-order valence-electron chi connectivity index (χ2n) is 4.01. The first-order valence-electron chi connectivity index (χ1n) is 4.72. The zero-order valence-corrected chi connectivity index (χ0v) is 8.12. The number of phenols is 1. The summed E-state index contributed by atoms with van der Waals surface area (Å²) in [6.45, 7) is 2.05. The molecule has 2 unspecified atom stereocenters. The number of aromatic hydroxyl groups is 1. The van der Waals surface area contributed by atoms with Gasteiger partial charge in [-0.05, 0) is 18.4 Å². The predicted molar refractivity (Wildman–Crippen MR) is 55.5 cm³/mol. The number of nitrogens with two attached hydrogens (primary N) is 1. The maximum Gasteiger partial charge on any atom is 0.119 e. The van der Waals surface area contributed by atoms with Crippen LogP contribution < -0.4 is 5.73 Å². The van der Waals surface area contributed by atoms with Gasteiger partial charge in [-0.3, -0.25) is 5.41 Å². The second-order valence-corrected chi connectivity index (χ2v) is 4.01. The van der Waals surface area contributed by atoms with Crippen molar-refractivity contribution >= 4 is 5.84 Å². The van der Waals surface area contributed by atoms with Crippen molar-refractivity contribution < 1.29 is 5.11 Å². The highest BCUT2D eigenvalue weighted by molar-refractivity contribution is 5.93. The Morgan fingerprint density at radius 3 is 2.57 bits per heavy atom. The standard InChI is InChI=1S/C11H14N2O/c1-7-6-11(7,10(12)13)8-4-2-3-5-9(8)14/h2-5,7,14H,6H2,1H3,(H3,12,13). The summed E-state index contributed by atoms with van der Waals surface area (Å²) >= 11 is 0. The molecule has 0 aromatic heterocycles. The Labute approximate surface area is 83.1 Å². The third kappa shape index (κ3) is 1.02. The van der Waals surface area contributed by atoms with E-state index in [-0.39, 0.29) is 11.6 Å². The van der Waals surface area contributed by atoms with Crippen LogP contribution in [0.15, 0.2) is 24.3 Å². The molecule has 1 fully saturated rings. The van der Waals surface area contributed by atoms with E-state index in [9.17, 15) is 5.11 Å². The lowest BCUT2D eigenvalue weighted by Crippen LogP contribution is -2.29. The average molecular weight is 190 g/mol. The molecular formula is C11H14N2O. The van der Waals surface area contributed by atoms with Crippen LogP contribution in [0.4, 0.5) is 0 Å². The molecule has 0 heterocycles. The lowest BCUT2D eigenvalue weighted by Gasteiger charge is -2.16. The highest BCUT2D eigenvalue weighted by Gasteiger charge is 2.56. The van der Waals surface area contributed by atoms with E-state index < -0.39 is 5.41 Å². The van der Waals surface area contributed by atoms with Crippen molar-refractivity contribution in [1.82, 2.24) is 0 Å². The topological polar surface area (TPSA) is 70.1 Å². The molecule has 4 N–H and O–H groups in total. The molecular weight excluding hydrogens is 176 g/mol. The summed E-state index contributed by atoms with van der Waals surface area (Å²) < 4.78 is 0. The van der Waals surface area contributed by atoms with Gasteiger partial charge in [0.25, 0.3) is 0 Å². The highest BCUT2D eigenvalue weighted by atomic mass is 16.3. The van der Waals surface area contributed by atoms with Gasteiger partial charge in [0.15, 0.2) is 0 Å². The molecule has 2 atom stereocenters. The second kappa shape index (κ2) is 2.74. The minimum atomic E-state index is -0.397. The molecule has 2 rings (SSSR count). The van der Waals surface area contributed by atoms with Crippen LogP contribution in [0.1, 0.15) is 18.9 Å². The lowest BCUT2D eigenvalue weighted by atomic mass is 9.91. The Morgan fingerprint density at radius 1 is 1.57 bits per heavy atom. The van der Waals surface area contributed by atoms with E-state index in [1.807, 2.05) is 19.1 Å². The zero-order valence-electron chi connectivity index (χ0n) is 8.12. The first-order chi connectivity index (χ1) is 6.59. The van der Waals surface area contributed by atoms with Gasteiger partial charge in [-0.2, -0.15) is 0 Å². The number of hydrogen-bond acceptors (Lipinski definition) is 2. The summed E-state index contributed by atoms with van der Waals surface area (Å²) in [6, 6.07) is 7.13. The Hall–Kier alpha value is -1.51. The van der Waals surface area contributed by atoms with Crippen LogP contribution >= 0.6 is 0 Å². The molecule has 0 amide bonds. The molecule has 1 aromatic rings. The quantitative estimate of drug-likeness (QED) is 0.489. The van der Waals surface area contributed by atoms with Gasteiger partial charge >= 0.3 is 0 Å². The summed E-state index contributed by atoms with van der Waals surface area (Å²) in [5.74, 6) is 0.756. The van der Waals surface area contributed by atoms with Crippen molar-refractivity contribution in [2.45, 2.75) is 18.8 Å². The van der Waals surface area contributed by atoms with E-state index >= 15 is 0 Å². The first kappa shape index (κ1) is 9.06. The highest BCUT2D eigenvalue weighted by Crippen LogP contribution is 2.55. The Morgan fingerprint density at radius 2 is 2.14 bits per heavy atom. The van der Waals surface area contributed by atoms with Gasteiger partial charge in [0.2, 0.25) is 0 Å². The summed E-state index contributed by atoms with van der Waals surface area (Å²) in [5, 5.41) is 17.3. The Kier molecular flexibility index (Phi) is 1.77. The van der Waals surface area contributed by atoms with Crippen molar-refractivity contribution in [2.75, 3.05) is 0 Å². The number of benzene rings is 1. The fraction of sp³-hybridized carbons (Fsp3) is 0.364.